The second-order valence-corrected chi connectivity index (χ2v) is 6.97. The molecule has 1 aromatic rings. The van der Waals surface area contributed by atoms with Crippen LogP contribution in [0.2, 0.25) is 0 Å². The first-order valence-electron chi connectivity index (χ1n) is 7.31. The smallest absolute Gasteiger partial charge is 0.339 e. The summed E-state index contributed by atoms with van der Waals surface area (Å²) in [5.41, 5.74) is 0.287. The Hall–Kier alpha value is -1.36. The molecule has 0 aromatic heterocycles. The van der Waals surface area contributed by atoms with Gasteiger partial charge in [0.15, 0.2) is 5.60 Å². The Morgan fingerprint density at radius 2 is 2.10 bits per heavy atom. The van der Waals surface area contributed by atoms with Crippen molar-refractivity contribution in [2.24, 2.45) is 0 Å². The zero-order chi connectivity index (χ0) is 15.0. The summed E-state index contributed by atoms with van der Waals surface area (Å²) >= 11 is 3.35. The summed E-state index contributed by atoms with van der Waals surface area (Å²) in [6.07, 6.45) is 4.75. The first kappa shape index (κ1) is 14.6. The molecule has 1 N–H and O–H groups in total. The van der Waals surface area contributed by atoms with Gasteiger partial charge in [0.05, 0.1) is 5.56 Å². The molecule has 0 unspecified atom stereocenters. The van der Waals surface area contributed by atoms with Gasteiger partial charge in [-0.05, 0) is 37.5 Å². The molecule has 112 valence electrons. The standard InChI is InChI=1S/C16H18BrNO3/c1-16(15(20)18-12-4-2-3-5-12)9-10-6-7-11(17)8-13(10)14(19)21-16/h6-8,12H,2-5,9H2,1H3,(H,18,20)/t16-/m1/s1. The minimum atomic E-state index is -1.11. The van der Waals surface area contributed by atoms with Crippen molar-refractivity contribution in [2.45, 2.75) is 50.7 Å². The molecule has 1 aliphatic carbocycles. The van der Waals surface area contributed by atoms with Crippen molar-refractivity contribution in [1.82, 2.24) is 5.32 Å². The van der Waals surface area contributed by atoms with Crippen LogP contribution in [0.15, 0.2) is 22.7 Å². The molecule has 1 saturated carbocycles. The predicted octanol–water partition coefficient (Wildman–Crippen LogP) is 2.98. The van der Waals surface area contributed by atoms with Crippen LogP contribution >= 0.6 is 15.9 Å². The molecule has 0 spiro atoms. The van der Waals surface area contributed by atoms with Crippen LogP contribution in [0.4, 0.5) is 0 Å². The average molecular weight is 352 g/mol. The number of cyclic esters (lactones) is 1. The van der Waals surface area contributed by atoms with Crippen LogP contribution < -0.4 is 5.32 Å². The molecular weight excluding hydrogens is 334 g/mol. The van der Waals surface area contributed by atoms with Gasteiger partial charge >= 0.3 is 5.97 Å². The van der Waals surface area contributed by atoms with Crippen LogP contribution in [-0.4, -0.2) is 23.5 Å². The van der Waals surface area contributed by atoms with E-state index in [1.807, 2.05) is 12.1 Å². The Kier molecular flexibility index (Phi) is 3.78. The molecule has 1 heterocycles. The van der Waals surface area contributed by atoms with E-state index in [1.165, 1.54) is 0 Å². The average Bonchev–Trinajstić information content (AvgIpc) is 2.92. The number of amides is 1. The highest BCUT2D eigenvalue weighted by Crippen LogP contribution is 2.31. The summed E-state index contributed by atoms with van der Waals surface area (Å²) in [6.45, 7) is 1.69. The van der Waals surface area contributed by atoms with Crippen LogP contribution in [0.25, 0.3) is 0 Å². The topological polar surface area (TPSA) is 55.4 Å². The predicted molar refractivity (Wildman–Crippen MR) is 82.1 cm³/mol. The monoisotopic (exact) mass is 351 g/mol. The van der Waals surface area contributed by atoms with Gasteiger partial charge in [-0.3, -0.25) is 4.79 Å². The lowest BCUT2D eigenvalue weighted by molar-refractivity contribution is -0.140. The van der Waals surface area contributed by atoms with Crippen molar-refractivity contribution < 1.29 is 14.3 Å². The molecule has 1 atom stereocenters. The number of rotatable bonds is 2. The molecule has 1 fully saturated rings. The summed E-state index contributed by atoms with van der Waals surface area (Å²) in [7, 11) is 0. The van der Waals surface area contributed by atoms with Crippen LogP contribution in [0, 0.1) is 0 Å². The van der Waals surface area contributed by atoms with E-state index in [1.54, 1.807) is 13.0 Å². The third kappa shape index (κ3) is 2.84. The highest BCUT2D eigenvalue weighted by atomic mass is 79.9. The largest absolute Gasteiger partial charge is 0.445 e. The van der Waals surface area contributed by atoms with Crippen molar-refractivity contribution in [3.63, 3.8) is 0 Å². The van der Waals surface area contributed by atoms with Gasteiger partial charge in [0, 0.05) is 16.9 Å². The summed E-state index contributed by atoms with van der Waals surface area (Å²) in [4.78, 5) is 24.7. The molecule has 0 bridgehead atoms. The zero-order valence-corrected chi connectivity index (χ0v) is 13.5. The first-order chi connectivity index (χ1) is 9.98. The van der Waals surface area contributed by atoms with Crippen molar-refractivity contribution in [1.29, 1.82) is 0 Å². The lowest BCUT2D eigenvalue weighted by Crippen LogP contribution is -2.53. The van der Waals surface area contributed by atoms with E-state index in [2.05, 4.69) is 21.2 Å². The first-order valence-corrected chi connectivity index (χ1v) is 8.10. The number of carbonyl (C=O) groups excluding carboxylic acids is 2. The fourth-order valence-electron chi connectivity index (χ4n) is 3.09. The summed E-state index contributed by atoms with van der Waals surface area (Å²) in [5.74, 6) is -0.613. The van der Waals surface area contributed by atoms with Crippen molar-refractivity contribution >= 4 is 27.8 Å². The third-order valence-corrected chi connectivity index (χ3v) is 4.80. The fourth-order valence-corrected chi connectivity index (χ4v) is 3.45. The van der Waals surface area contributed by atoms with Gasteiger partial charge in [0.25, 0.3) is 5.91 Å². The molecule has 3 rings (SSSR count). The molecule has 0 radical (unpaired) electrons. The lowest BCUT2D eigenvalue weighted by atomic mass is 9.89. The molecule has 2 aliphatic rings. The Labute approximate surface area is 132 Å². The number of ether oxygens (including phenoxy) is 1. The van der Waals surface area contributed by atoms with E-state index in [-0.39, 0.29) is 11.9 Å². The Morgan fingerprint density at radius 1 is 1.38 bits per heavy atom. The maximum absolute atomic E-state index is 12.5. The molecule has 5 heteroatoms. The van der Waals surface area contributed by atoms with Crippen LogP contribution in [0.3, 0.4) is 0 Å². The van der Waals surface area contributed by atoms with Crippen LogP contribution in [0.5, 0.6) is 0 Å². The molecule has 0 saturated heterocycles. The minimum Gasteiger partial charge on any atom is -0.445 e. The second-order valence-electron chi connectivity index (χ2n) is 6.05. The Morgan fingerprint density at radius 3 is 2.81 bits per heavy atom. The third-order valence-electron chi connectivity index (χ3n) is 4.31. The molecule has 1 amide bonds. The summed E-state index contributed by atoms with van der Waals surface area (Å²) in [5, 5.41) is 3.03. The number of halogens is 1. The molecular formula is C16H18BrNO3. The Balaban J connectivity index is 1.81. The number of esters is 1. The second kappa shape index (κ2) is 5.44. The highest BCUT2D eigenvalue weighted by molar-refractivity contribution is 9.10. The quantitative estimate of drug-likeness (QED) is 0.833. The number of fused-ring (bicyclic) bond motifs is 1. The maximum Gasteiger partial charge on any atom is 0.339 e. The van der Waals surface area contributed by atoms with Crippen molar-refractivity contribution in [3.8, 4) is 0 Å². The number of hydrogen-bond acceptors (Lipinski definition) is 3. The lowest BCUT2D eigenvalue weighted by Gasteiger charge is -2.34. The van der Waals surface area contributed by atoms with Gasteiger partial charge in [-0.15, -0.1) is 0 Å². The van der Waals surface area contributed by atoms with Crippen LogP contribution in [0.1, 0.15) is 48.5 Å². The normalized spacial score (nSPS) is 25.3. The van der Waals surface area contributed by atoms with Gasteiger partial charge in [-0.2, -0.15) is 0 Å². The zero-order valence-electron chi connectivity index (χ0n) is 11.9. The number of hydrogen-bond donors (Lipinski definition) is 1. The summed E-state index contributed by atoms with van der Waals surface area (Å²) < 4.78 is 6.29. The molecule has 1 aromatic carbocycles. The van der Waals surface area contributed by atoms with Gasteiger partial charge in [0.1, 0.15) is 0 Å². The van der Waals surface area contributed by atoms with Gasteiger partial charge < -0.3 is 10.1 Å². The SMILES string of the molecule is C[C@]1(C(=O)NC2CCCC2)Cc2ccc(Br)cc2C(=O)O1. The van der Waals surface area contributed by atoms with E-state index < -0.39 is 11.6 Å². The van der Waals surface area contributed by atoms with Crippen molar-refractivity contribution in [3.05, 3.63) is 33.8 Å². The van der Waals surface area contributed by atoms with E-state index >= 15 is 0 Å². The van der Waals surface area contributed by atoms with Gasteiger partial charge in [-0.1, -0.05) is 34.8 Å². The maximum atomic E-state index is 12.5. The summed E-state index contributed by atoms with van der Waals surface area (Å²) in [6, 6.07) is 5.72. The highest BCUT2D eigenvalue weighted by Gasteiger charge is 2.43. The number of nitrogens with one attached hydrogen (secondary N) is 1. The Bertz CT molecular complexity index is 595. The number of benzene rings is 1. The molecule has 4 nitrogen and oxygen atoms in total. The minimum absolute atomic E-state index is 0.184. The van der Waals surface area contributed by atoms with E-state index in [0.29, 0.717) is 12.0 Å². The van der Waals surface area contributed by atoms with E-state index in [4.69, 9.17) is 4.74 Å². The van der Waals surface area contributed by atoms with Crippen LogP contribution in [-0.2, 0) is 16.0 Å². The fraction of sp³-hybridized carbons (Fsp3) is 0.500. The van der Waals surface area contributed by atoms with E-state index in [9.17, 15) is 9.59 Å². The van der Waals surface area contributed by atoms with Gasteiger partial charge in [-0.25, -0.2) is 4.79 Å². The molecule has 1 aliphatic heterocycles. The van der Waals surface area contributed by atoms with Gasteiger partial charge in [0.2, 0.25) is 0 Å². The molecule has 21 heavy (non-hydrogen) atoms. The van der Waals surface area contributed by atoms with Crippen molar-refractivity contribution in [2.75, 3.05) is 0 Å². The number of carbonyl (C=O) groups is 2. The van der Waals surface area contributed by atoms with E-state index in [0.717, 1.165) is 35.7 Å².